The van der Waals surface area contributed by atoms with Crippen LogP contribution in [0.1, 0.15) is 28.9 Å². The Morgan fingerprint density at radius 1 is 1.04 bits per heavy atom. The Balaban J connectivity index is 2.18. The second kappa shape index (κ2) is 7.05. The third-order valence-electron chi connectivity index (χ3n) is 4.03. The van der Waals surface area contributed by atoms with Crippen LogP contribution in [0.25, 0.3) is 0 Å². The molecule has 0 radical (unpaired) electrons. The van der Waals surface area contributed by atoms with Crippen LogP contribution in [-0.4, -0.2) is 39.6 Å². The fourth-order valence-electron chi connectivity index (χ4n) is 2.33. The summed E-state index contributed by atoms with van der Waals surface area (Å²) in [4.78, 5) is 14.4. The molecule has 1 unspecified atom stereocenters. The van der Waals surface area contributed by atoms with Crippen LogP contribution >= 0.6 is 0 Å². The molecule has 0 heterocycles. The smallest absolute Gasteiger partial charge is 0.254 e. The van der Waals surface area contributed by atoms with Crippen molar-refractivity contribution >= 4 is 15.7 Å². The molecule has 128 valence electrons. The number of ether oxygens (including phenoxy) is 1. The van der Waals surface area contributed by atoms with Gasteiger partial charge in [0.2, 0.25) is 0 Å². The van der Waals surface area contributed by atoms with Crippen LogP contribution in [0.2, 0.25) is 0 Å². The molecule has 24 heavy (non-hydrogen) atoms. The van der Waals surface area contributed by atoms with Crippen LogP contribution < -0.4 is 4.74 Å². The van der Waals surface area contributed by atoms with Gasteiger partial charge in [0.1, 0.15) is 5.75 Å². The Hall–Kier alpha value is -2.34. The monoisotopic (exact) mass is 347 g/mol. The number of benzene rings is 2. The highest BCUT2D eigenvalue weighted by Crippen LogP contribution is 2.23. The van der Waals surface area contributed by atoms with Crippen molar-refractivity contribution in [2.24, 2.45) is 0 Å². The third kappa shape index (κ3) is 3.94. The predicted octanol–water partition coefficient (Wildman–Crippen LogP) is 2.93. The molecule has 6 heteroatoms. The van der Waals surface area contributed by atoms with Crippen molar-refractivity contribution in [3.05, 3.63) is 59.7 Å². The molecule has 0 saturated heterocycles. The molecule has 0 aliphatic rings. The average Bonchev–Trinajstić information content (AvgIpc) is 2.59. The minimum atomic E-state index is -3.27. The molecule has 1 atom stereocenters. The number of carbonyl (C=O) groups excluding carboxylic acids is 1. The number of sulfone groups is 1. The molecule has 0 saturated carbocycles. The molecule has 0 bridgehead atoms. The van der Waals surface area contributed by atoms with Crippen molar-refractivity contribution in [1.29, 1.82) is 0 Å². The summed E-state index contributed by atoms with van der Waals surface area (Å²) in [6.45, 7) is 1.94. The number of methoxy groups -OCH3 is 1. The lowest BCUT2D eigenvalue weighted by Gasteiger charge is -2.25. The number of amides is 1. The molecule has 0 spiro atoms. The van der Waals surface area contributed by atoms with Crippen molar-refractivity contribution in [2.75, 3.05) is 20.4 Å². The maximum absolute atomic E-state index is 12.6. The Labute approximate surface area is 142 Å². The van der Waals surface area contributed by atoms with Gasteiger partial charge in [0.15, 0.2) is 9.84 Å². The summed E-state index contributed by atoms with van der Waals surface area (Å²) in [5.41, 5.74) is 1.43. The number of hydrogen-bond acceptors (Lipinski definition) is 4. The van der Waals surface area contributed by atoms with E-state index in [2.05, 4.69) is 0 Å². The first kappa shape index (κ1) is 18.0. The van der Waals surface area contributed by atoms with Crippen molar-refractivity contribution in [3.63, 3.8) is 0 Å². The predicted molar refractivity (Wildman–Crippen MR) is 93.1 cm³/mol. The van der Waals surface area contributed by atoms with Gasteiger partial charge in [0.05, 0.1) is 18.0 Å². The SMILES string of the molecule is COc1ccc(C(C)N(C)C(=O)c2ccc(S(C)(=O)=O)cc2)cc1. The van der Waals surface area contributed by atoms with E-state index in [1.807, 2.05) is 31.2 Å². The first-order valence-electron chi connectivity index (χ1n) is 7.45. The molecule has 0 aliphatic heterocycles. The van der Waals surface area contributed by atoms with Gasteiger partial charge < -0.3 is 9.64 Å². The van der Waals surface area contributed by atoms with Gasteiger partial charge in [0, 0.05) is 18.9 Å². The summed E-state index contributed by atoms with van der Waals surface area (Å²) in [6.07, 6.45) is 1.14. The molecule has 0 aromatic heterocycles. The molecule has 2 aromatic carbocycles. The van der Waals surface area contributed by atoms with Gasteiger partial charge in [-0.2, -0.15) is 0 Å². The van der Waals surface area contributed by atoms with Crippen LogP contribution in [0.4, 0.5) is 0 Å². The maximum atomic E-state index is 12.6. The van der Waals surface area contributed by atoms with Crippen LogP contribution in [0, 0.1) is 0 Å². The first-order valence-corrected chi connectivity index (χ1v) is 9.34. The molecule has 1 amide bonds. The minimum Gasteiger partial charge on any atom is -0.497 e. The largest absolute Gasteiger partial charge is 0.497 e. The summed E-state index contributed by atoms with van der Waals surface area (Å²) < 4.78 is 28.1. The van der Waals surface area contributed by atoms with Crippen LogP contribution in [-0.2, 0) is 9.84 Å². The zero-order chi connectivity index (χ0) is 17.9. The fourth-order valence-corrected chi connectivity index (χ4v) is 2.96. The van der Waals surface area contributed by atoms with Gasteiger partial charge in [-0.25, -0.2) is 8.42 Å². The van der Waals surface area contributed by atoms with Gasteiger partial charge >= 0.3 is 0 Å². The van der Waals surface area contributed by atoms with E-state index in [0.29, 0.717) is 5.56 Å². The number of carbonyl (C=O) groups is 1. The summed E-state index contributed by atoms with van der Waals surface area (Å²) in [7, 11) is 0.0611. The standard InChI is InChI=1S/C18H21NO4S/c1-13(14-5-9-16(23-3)10-6-14)19(2)18(20)15-7-11-17(12-8-15)24(4,21)22/h5-13H,1-4H3. The third-order valence-corrected chi connectivity index (χ3v) is 5.16. The van der Waals surface area contributed by atoms with Gasteiger partial charge in [-0.05, 0) is 48.9 Å². The van der Waals surface area contributed by atoms with Gasteiger partial charge in [0.25, 0.3) is 5.91 Å². The molecule has 2 rings (SSSR count). The fraction of sp³-hybridized carbons (Fsp3) is 0.278. The van der Waals surface area contributed by atoms with E-state index in [-0.39, 0.29) is 16.8 Å². The number of rotatable bonds is 5. The average molecular weight is 347 g/mol. The summed E-state index contributed by atoms with van der Waals surface area (Å²) in [6, 6.07) is 13.4. The normalized spacial score (nSPS) is 12.5. The highest BCUT2D eigenvalue weighted by atomic mass is 32.2. The topological polar surface area (TPSA) is 63.7 Å². The van der Waals surface area contributed by atoms with Gasteiger partial charge in [-0.15, -0.1) is 0 Å². The second-order valence-electron chi connectivity index (χ2n) is 5.66. The molecule has 5 nitrogen and oxygen atoms in total. The first-order chi connectivity index (χ1) is 11.2. The van der Waals surface area contributed by atoms with Crippen LogP contribution in [0.3, 0.4) is 0 Å². The van der Waals surface area contributed by atoms with Crippen LogP contribution in [0.5, 0.6) is 5.75 Å². The summed E-state index contributed by atoms with van der Waals surface area (Å²) >= 11 is 0. The van der Waals surface area contributed by atoms with E-state index < -0.39 is 9.84 Å². The lowest BCUT2D eigenvalue weighted by atomic mass is 10.1. The van der Waals surface area contributed by atoms with E-state index in [1.54, 1.807) is 19.1 Å². The highest BCUT2D eigenvalue weighted by Gasteiger charge is 2.19. The van der Waals surface area contributed by atoms with Crippen molar-refractivity contribution in [1.82, 2.24) is 4.90 Å². The lowest BCUT2D eigenvalue weighted by Crippen LogP contribution is -2.29. The van der Waals surface area contributed by atoms with E-state index in [0.717, 1.165) is 17.6 Å². The van der Waals surface area contributed by atoms with E-state index in [4.69, 9.17) is 4.74 Å². The summed E-state index contributed by atoms with van der Waals surface area (Å²) in [5, 5.41) is 0. The van der Waals surface area contributed by atoms with Crippen molar-refractivity contribution in [3.8, 4) is 5.75 Å². The maximum Gasteiger partial charge on any atom is 0.254 e. The summed E-state index contributed by atoms with van der Waals surface area (Å²) in [5.74, 6) is 0.592. The van der Waals surface area contributed by atoms with Crippen molar-refractivity contribution < 1.29 is 17.9 Å². The molecular formula is C18H21NO4S. The number of nitrogens with zero attached hydrogens (tertiary/aromatic N) is 1. The Morgan fingerprint density at radius 2 is 1.58 bits per heavy atom. The molecule has 0 N–H and O–H groups in total. The minimum absolute atomic E-state index is 0.127. The quantitative estimate of drug-likeness (QED) is 0.834. The second-order valence-corrected chi connectivity index (χ2v) is 7.68. The molecule has 2 aromatic rings. The number of hydrogen-bond donors (Lipinski definition) is 0. The van der Waals surface area contributed by atoms with Gasteiger partial charge in [-0.1, -0.05) is 12.1 Å². The van der Waals surface area contributed by atoms with Crippen LogP contribution in [0.15, 0.2) is 53.4 Å². The van der Waals surface area contributed by atoms with E-state index >= 15 is 0 Å². The molecule has 0 fully saturated rings. The van der Waals surface area contributed by atoms with Crippen molar-refractivity contribution in [2.45, 2.75) is 17.9 Å². The Bertz CT molecular complexity index is 811. The Kier molecular flexibility index (Phi) is 5.29. The zero-order valence-corrected chi connectivity index (χ0v) is 15.0. The van der Waals surface area contributed by atoms with E-state index in [1.165, 1.54) is 24.3 Å². The highest BCUT2D eigenvalue weighted by molar-refractivity contribution is 7.90. The lowest BCUT2D eigenvalue weighted by molar-refractivity contribution is 0.0742. The van der Waals surface area contributed by atoms with Gasteiger partial charge in [-0.3, -0.25) is 4.79 Å². The molecule has 0 aliphatic carbocycles. The Morgan fingerprint density at radius 3 is 2.04 bits per heavy atom. The zero-order valence-electron chi connectivity index (χ0n) is 14.2. The van der Waals surface area contributed by atoms with E-state index in [9.17, 15) is 13.2 Å². The molecular weight excluding hydrogens is 326 g/mol.